The van der Waals surface area contributed by atoms with E-state index in [1.54, 1.807) is 32.2 Å². The molecule has 1 heterocycles. The number of nitrogens with zero attached hydrogens (tertiary/aromatic N) is 2. The third-order valence-corrected chi connectivity index (χ3v) is 4.72. The highest BCUT2D eigenvalue weighted by Gasteiger charge is 2.18. The summed E-state index contributed by atoms with van der Waals surface area (Å²) in [6.45, 7) is 3.21. The molecule has 0 saturated carbocycles. The molecule has 1 atom stereocenters. The second-order valence-corrected chi connectivity index (χ2v) is 6.56. The second kappa shape index (κ2) is 8.58. The van der Waals surface area contributed by atoms with Gasteiger partial charge in [0.25, 0.3) is 5.91 Å². The molecule has 0 fully saturated rings. The summed E-state index contributed by atoms with van der Waals surface area (Å²) in [5.74, 6) is -1.23. The number of nitrogens with one attached hydrogen (secondary N) is 1. The summed E-state index contributed by atoms with van der Waals surface area (Å²) >= 11 is 18.0. The van der Waals surface area contributed by atoms with Crippen molar-refractivity contribution >= 4 is 58.4 Å². The molecule has 9 heteroatoms. The minimum atomic E-state index is -1.03. The zero-order chi connectivity index (χ0) is 19.4. The molecule has 1 amide bonds. The second-order valence-electron chi connectivity index (χ2n) is 5.42. The van der Waals surface area contributed by atoms with Crippen LogP contribution in [-0.2, 0) is 21.4 Å². The number of rotatable bonds is 5. The SMILES string of the molecule is Cc1nn(C)c(Cl)c1/C=C/C(=O)OC(C)C(=O)Nc1cccc(Cl)c1Cl. The number of halogens is 3. The highest BCUT2D eigenvalue weighted by molar-refractivity contribution is 6.44. The molecule has 0 radical (unpaired) electrons. The van der Waals surface area contributed by atoms with Crippen LogP contribution in [0.5, 0.6) is 0 Å². The van der Waals surface area contributed by atoms with Gasteiger partial charge in [-0.25, -0.2) is 4.79 Å². The van der Waals surface area contributed by atoms with Gasteiger partial charge in [0, 0.05) is 18.7 Å². The fourth-order valence-electron chi connectivity index (χ4n) is 2.09. The molecule has 2 rings (SSSR count). The van der Waals surface area contributed by atoms with E-state index in [1.807, 2.05) is 0 Å². The van der Waals surface area contributed by atoms with Gasteiger partial charge in [0.05, 0.1) is 21.4 Å². The first-order valence-corrected chi connectivity index (χ1v) is 8.66. The molecule has 1 N–H and O–H groups in total. The molecule has 1 unspecified atom stereocenters. The van der Waals surface area contributed by atoms with E-state index in [0.29, 0.717) is 27.1 Å². The van der Waals surface area contributed by atoms with Crippen LogP contribution in [0.1, 0.15) is 18.2 Å². The van der Waals surface area contributed by atoms with E-state index in [-0.39, 0.29) is 5.02 Å². The van der Waals surface area contributed by atoms with Gasteiger partial charge in [-0.05, 0) is 32.1 Å². The Morgan fingerprint density at radius 3 is 2.62 bits per heavy atom. The summed E-state index contributed by atoms with van der Waals surface area (Å²) in [6, 6.07) is 4.83. The van der Waals surface area contributed by atoms with Gasteiger partial charge in [0.2, 0.25) is 0 Å². The molecule has 1 aromatic carbocycles. The molecule has 6 nitrogen and oxygen atoms in total. The van der Waals surface area contributed by atoms with Crippen LogP contribution < -0.4 is 5.32 Å². The normalized spacial score (nSPS) is 12.2. The minimum absolute atomic E-state index is 0.211. The van der Waals surface area contributed by atoms with E-state index in [9.17, 15) is 9.59 Å². The Bertz CT molecular complexity index is 878. The third-order valence-electron chi connectivity index (χ3n) is 3.45. The predicted molar refractivity (Wildman–Crippen MR) is 103 cm³/mol. The summed E-state index contributed by atoms with van der Waals surface area (Å²) in [4.78, 5) is 24.1. The van der Waals surface area contributed by atoms with E-state index < -0.39 is 18.0 Å². The van der Waals surface area contributed by atoms with Crippen LogP contribution in [0.2, 0.25) is 15.2 Å². The van der Waals surface area contributed by atoms with E-state index >= 15 is 0 Å². The summed E-state index contributed by atoms with van der Waals surface area (Å²) in [5.41, 5.74) is 1.61. The third kappa shape index (κ3) is 4.78. The van der Waals surface area contributed by atoms with Crippen molar-refractivity contribution in [1.29, 1.82) is 0 Å². The number of esters is 1. The first-order chi connectivity index (χ1) is 12.2. The fourth-order valence-corrected chi connectivity index (χ4v) is 2.67. The number of benzene rings is 1. The number of hydrogen-bond acceptors (Lipinski definition) is 4. The van der Waals surface area contributed by atoms with E-state index in [4.69, 9.17) is 39.5 Å². The Hall–Kier alpha value is -2.02. The summed E-state index contributed by atoms with van der Waals surface area (Å²) in [5, 5.41) is 7.61. The topological polar surface area (TPSA) is 73.2 Å². The van der Waals surface area contributed by atoms with Crippen molar-refractivity contribution in [3.05, 3.63) is 50.7 Å². The Balaban J connectivity index is 1.99. The average Bonchev–Trinajstić information content (AvgIpc) is 2.82. The Kier molecular flexibility index (Phi) is 6.69. The van der Waals surface area contributed by atoms with Crippen LogP contribution >= 0.6 is 34.8 Å². The summed E-state index contributed by atoms with van der Waals surface area (Å²) in [6.07, 6.45) is 1.64. The molecule has 0 saturated heterocycles. The molecule has 0 spiro atoms. The number of aromatic nitrogens is 2. The van der Waals surface area contributed by atoms with Gasteiger partial charge < -0.3 is 10.1 Å². The molecule has 0 aliphatic carbocycles. The van der Waals surface area contributed by atoms with Gasteiger partial charge in [-0.3, -0.25) is 9.48 Å². The predicted octanol–water partition coefficient (Wildman–Crippen LogP) is 4.27. The van der Waals surface area contributed by atoms with Gasteiger partial charge in [0.15, 0.2) is 6.10 Å². The fraction of sp³-hybridized carbons (Fsp3) is 0.235. The van der Waals surface area contributed by atoms with Crippen molar-refractivity contribution < 1.29 is 14.3 Å². The lowest BCUT2D eigenvalue weighted by Crippen LogP contribution is -2.29. The number of carbonyl (C=O) groups is 2. The molecule has 0 aliphatic rings. The molecular formula is C17H16Cl3N3O3. The number of anilines is 1. The smallest absolute Gasteiger partial charge is 0.331 e. The number of carbonyl (C=O) groups excluding carboxylic acids is 2. The number of hydrogen-bond donors (Lipinski definition) is 1. The average molecular weight is 417 g/mol. The lowest BCUT2D eigenvalue weighted by atomic mass is 10.2. The van der Waals surface area contributed by atoms with Crippen molar-refractivity contribution in [1.82, 2.24) is 9.78 Å². The summed E-state index contributed by atoms with van der Waals surface area (Å²) in [7, 11) is 1.69. The number of amides is 1. The molecule has 26 heavy (non-hydrogen) atoms. The van der Waals surface area contributed by atoms with Crippen LogP contribution in [0.4, 0.5) is 5.69 Å². The maximum absolute atomic E-state index is 12.1. The van der Waals surface area contributed by atoms with Gasteiger partial charge in [0.1, 0.15) is 5.15 Å². The number of ether oxygens (including phenoxy) is 1. The van der Waals surface area contributed by atoms with Crippen LogP contribution in [0.3, 0.4) is 0 Å². The molecule has 0 aliphatic heterocycles. The quantitative estimate of drug-likeness (QED) is 0.583. The Morgan fingerprint density at radius 1 is 1.31 bits per heavy atom. The first kappa shape index (κ1) is 20.3. The molecule has 2 aromatic rings. The zero-order valence-electron chi connectivity index (χ0n) is 14.2. The maximum Gasteiger partial charge on any atom is 0.331 e. The van der Waals surface area contributed by atoms with Crippen LogP contribution in [0.25, 0.3) is 6.08 Å². The van der Waals surface area contributed by atoms with E-state index in [0.717, 1.165) is 0 Å². The van der Waals surface area contributed by atoms with Crippen molar-refractivity contribution in [2.75, 3.05) is 5.32 Å². The highest BCUT2D eigenvalue weighted by Crippen LogP contribution is 2.29. The van der Waals surface area contributed by atoms with E-state index in [1.165, 1.54) is 23.8 Å². The lowest BCUT2D eigenvalue weighted by Gasteiger charge is -2.13. The minimum Gasteiger partial charge on any atom is -0.449 e. The first-order valence-electron chi connectivity index (χ1n) is 7.53. The van der Waals surface area contributed by atoms with E-state index in [2.05, 4.69) is 10.4 Å². The van der Waals surface area contributed by atoms with Crippen molar-refractivity contribution in [3.63, 3.8) is 0 Å². The van der Waals surface area contributed by atoms with Crippen molar-refractivity contribution in [2.45, 2.75) is 20.0 Å². The van der Waals surface area contributed by atoms with Crippen LogP contribution in [0.15, 0.2) is 24.3 Å². The molecule has 138 valence electrons. The lowest BCUT2D eigenvalue weighted by molar-refractivity contribution is -0.148. The zero-order valence-corrected chi connectivity index (χ0v) is 16.5. The van der Waals surface area contributed by atoms with Crippen molar-refractivity contribution in [3.8, 4) is 0 Å². The van der Waals surface area contributed by atoms with Gasteiger partial charge >= 0.3 is 5.97 Å². The molecular weight excluding hydrogens is 401 g/mol. The number of aryl methyl sites for hydroxylation is 2. The molecule has 0 bridgehead atoms. The van der Waals surface area contributed by atoms with Crippen molar-refractivity contribution in [2.24, 2.45) is 7.05 Å². The van der Waals surface area contributed by atoms with Gasteiger partial charge in [-0.1, -0.05) is 40.9 Å². The maximum atomic E-state index is 12.1. The largest absolute Gasteiger partial charge is 0.449 e. The highest BCUT2D eigenvalue weighted by atomic mass is 35.5. The Labute approximate surface area is 165 Å². The van der Waals surface area contributed by atoms with Crippen LogP contribution in [0, 0.1) is 6.92 Å². The summed E-state index contributed by atoms with van der Waals surface area (Å²) < 4.78 is 6.57. The van der Waals surface area contributed by atoms with Crippen LogP contribution in [-0.4, -0.2) is 27.8 Å². The van der Waals surface area contributed by atoms with Gasteiger partial charge in [-0.15, -0.1) is 0 Å². The molecule has 1 aromatic heterocycles. The standard InChI is InChI=1S/C17H16Cl3N3O3/c1-9-11(16(20)23(3)22-9)7-8-14(24)26-10(2)17(25)21-13-6-4-5-12(18)15(13)19/h4-8,10H,1-3H3,(H,21,25)/b8-7+. The Morgan fingerprint density at radius 2 is 2.00 bits per heavy atom. The monoisotopic (exact) mass is 415 g/mol. The van der Waals surface area contributed by atoms with Gasteiger partial charge in [-0.2, -0.15) is 5.10 Å².